The Balaban J connectivity index is 1.71. The number of nitrogens with zero attached hydrogens (tertiary/aromatic N) is 1. The van der Waals surface area contributed by atoms with Crippen LogP contribution in [0.4, 0.5) is 4.79 Å². The number of nitrogens with one attached hydrogen (secondary N) is 2. The molecule has 0 unspecified atom stereocenters. The van der Waals surface area contributed by atoms with E-state index in [1.165, 1.54) is 5.56 Å². The summed E-state index contributed by atoms with van der Waals surface area (Å²) >= 11 is 0. The summed E-state index contributed by atoms with van der Waals surface area (Å²) in [5.74, 6) is -0.260. The Bertz CT molecular complexity index is 528. The van der Waals surface area contributed by atoms with Crippen LogP contribution in [0.25, 0.3) is 0 Å². The van der Waals surface area contributed by atoms with Gasteiger partial charge >= 0.3 is 6.03 Å². The van der Waals surface area contributed by atoms with Gasteiger partial charge < -0.3 is 10.1 Å². The fourth-order valence-electron chi connectivity index (χ4n) is 2.80. The summed E-state index contributed by atoms with van der Waals surface area (Å²) in [5.41, 5.74) is 1.18. The van der Waals surface area contributed by atoms with Crippen LogP contribution in [-0.2, 0) is 16.1 Å². The van der Waals surface area contributed by atoms with Crippen LogP contribution in [0.5, 0.6) is 0 Å². The van der Waals surface area contributed by atoms with Gasteiger partial charge in [0.15, 0.2) is 0 Å². The summed E-state index contributed by atoms with van der Waals surface area (Å²) in [6.45, 7) is 6.36. The van der Waals surface area contributed by atoms with E-state index in [1.807, 2.05) is 32.0 Å². The molecule has 0 aromatic heterocycles. The summed E-state index contributed by atoms with van der Waals surface area (Å²) in [6, 6.07) is 9.38. The SMILES string of the molecule is CCNC(=O)NC(=O)[C@@H](C)N1CCC(OCc2ccccc2)CC1. The van der Waals surface area contributed by atoms with Crippen molar-refractivity contribution in [1.29, 1.82) is 0 Å². The Hall–Kier alpha value is -1.92. The third kappa shape index (κ3) is 5.62. The standard InChI is InChI=1S/C18H27N3O3/c1-3-19-18(23)20-17(22)14(2)21-11-9-16(10-12-21)24-13-15-7-5-4-6-8-15/h4-8,14,16H,3,9-13H2,1-2H3,(H2,19,20,22,23)/t14-/m1/s1. The molecule has 6 nitrogen and oxygen atoms in total. The van der Waals surface area contributed by atoms with Crippen LogP contribution < -0.4 is 10.6 Å². The van der Waals surface area contributed by atoms with E-state index in [0.29, 0.717) is 13.2 Å². The first-order chi connectivity index (χ1) is 11.6. The quantitative estimate of drug-likeness (QED) is 0.834. The van der Waals surface area contributed by atoms with Gasteiger partial charge in [-0.05, 0) is 32.3 Å². The Morgan fingerprint density at radius 3 is 2.54 bits per heavy atom. The first-order valence-corrected chi connectivity index (χ1v) is 8.58. The second-order valence-corrected chi connectivity index (χ2v) is 6.06. The van der Waals surface area contributed by atoms with E-state index in [-0.39, 0.29) is 18.1 Å². The van der Waals surface area contributed by atoms with E-state index >= 15 is 0 Å². The molecule has 0 aliphatic carbocycles. The highest BCUT2D eigenvalue weighted by molar-refractivity contribution is 5.96. The number of ether oxygens (including phenoxy) is 1. The lowest BCUT2D eigenvalue weighted by atomic mass is 10.1. The van der Waals surface area contributed by atoms with Crippen molar-refractivity contribution in [2.75, 3.05) is 19.6 Å². The minimum atomic E-state index is -0.435. The zero-order valence-electron chi connectivity index (χ0n) is 14.5. The summed E-state index contributed by atoms with van der Waals surface area (Å²) in [7, 11) is 0. The molecule has 0 saturated carbocycles. The average Bonchev–Trinajstić information content (AvgIpc) is 2.61. The molecule has 1 aliphatic heterocycles. The normalized spacial score (nSPS) is 17.2. The number of imide groups is 1. The summed E-state index contributed by atoms with van der Waals surface area (Å²) < 4.78 is 5.96. The molecule has 2 N–H and O–H groups in total. The first kappa shape index (κ1) is 18.4. The van der Waals surface area contributed by atoms with Crippen molar-refractivity contribution in [1.82, 2.24) is 15.5 Å². The van der Waals surface area contributed by atoms with Crippen molar-refractivity contribution in [3.05, 3.63) is 35.9 Å². The lowest BCUT2D eigenvalue weighted by Crippen LogP contribution is -2.52. The number of hydrogen-bond acceptors (Lipinski definition) is 4. The van der Waals surface area contributed by atoms with Crippen molar-refractivity contribution in [3.63, 3.8) is 0 Å². The van der Waals surface area contributed by atoms with E-state index in [1.54, 1.807) is 0 Å². The van der Waals surface area contributed by atoms with Gasteiger partial charge in [-0.25, -0.2) is 4.79 Å². The molecule has 2 rings (SSSR count). The second-order valence-electron chi connectivity index (χ2n) is 6.06. The highest BCUT2D eigenvalue weighted by Gasteiger charge is 2.27. The van der Waals surface area contributed by atoms with Gasteiger partial charge in [-0.3, -0.25) is 15.0 Å². The Kier molecular flexibility index (Phi) is 7.21. The number of benzene rings is 1. The first-order valence-electron chi connectivity index (χ1n) is 8.58. The third-order valence-corrected chi connectivity index (χ3v) is 4.31. The number of piperidine rings is 1. The lowest BCUT2D eigenvalue weighted by Gasteiger charge is -2.35. The van der Waals surface area contributed by atoms with Crippen LogP contribution in [0.3, 0.4) is 0 Å². The number of rotatable bonds is 6. The topological polar surface area (TPSA) is 70.7 Å². The van der Waals surface area contributed by atoms with Gasteiger partial charge in [0.05, 0.1) is 18.8 Å². The van der Waals surface area contributed by atoms with Crippen molar-refractivity contribution < 1.29 is 14.3 Å². The summed E-state index contributed by atoms with van der Waals surface area (Å²) in [5, 5.41) is 4.94. The van der Waals surface area contributed by atoms with Crippen molar-refractivity contribution in [2.24, 2.45) is 0 Å². The van der Waals surface area contributed by atoms with Crippen LogP contribution in [-0.4, -0.2) is 48.6 Å². The molecule has 0 radical (unpaired) electrons. The van der Waals surface area contributed by atoms with Gasteiger partial charge in [0.2, 0.25) is 5.91 Å². The monoisotopic (exact) mass is 333 g/mol. The molecule has 0 spiro atoms. The predicted molar refractivity (Wildman–Crippen MR) is 92.5 cm³/mol. The minimum Gasteiger partial charge on any atom is -0.373 e. The molecule has 1 aliphatic rings. The Morgan fingerprint density at radius 1 is 1.25 bits per heavy atom. The smallest absolute Gasteiger partial charge is 0.321 e. The number of carbonyl (C=O) groups is 2. The van der Waals surface area contributed by atoms with E-state index in [0.717, 1.165) is 25.9 Å². The molecule has 1 aromatic rings. The molecule has 1 atom stereocenters. The average molecular weight is 333 g/mol. The third-order valence-electron chi connectivity index (χ3n) is 4.31. The van der Waals surface area contributed by atoms with E-state index < -0.39 is 6.03 Å². The fraction of sp³-hybridized carbons (Fsp3) is 0.556. The molecule has 1 heterocycles. The molecule has 1 fully saturated rings. The Labute approximate surface area is 143 Å². The molecule has 1 saturated heterocycles. The molecule has 3 amide bonds. The highest BCUT2D eigenvalue weighted by Crippen LogP contribution is 2.17. The predicted octanol–water partition coefficient (Wildman–Crippen LogP) is 1.90. The number of amides is 3. The van der Waals surface area contributed by atoms with E-state index in [9.17, 15) is 9.59 Å². The number of likely N-dealkylation sites (tertiary alicyclic amines) is 1. The molecule has 24 heavy (non-hydrogen) atoms. The summed E-state index contributed by atoms with van der Waals surface area (Å²) in [4.78, 5) is 25.6. The van der Waals surface area contributed by atoms with Gasteiger partial charge in [0.1, 0.15) is 0 Å². The van der Waals surface area contributed by atoms with E-state index in [2.05, 4.69) is 27.7 Å². The zero-order valence-corrected chi connectivity index (χ0v) is 14.5. The maximum absolute atomic E-state index is 12.1. The van der Waals surface area contributed by atoms with Gasteiger partial charge in [-0.15, -0.1) is 0 Å². The second kappa shape index (κ2) is 9.39. The molecule has 0 bridgehead atoms. The molecular formula is C18H27N3O3. The summed E-state index contributed by atoms with van der Waals surface area (Å²) in [6.07, 6.45) is 2.01. The Morgan fingerprint density at radius 2 is 1.92 bits per heavy atom. The minimum absolute atomic E-state index is 0.222. The van der Waals surface area contributed by atoms with E-state index in [4.69, 9.17) is 4.74 Å². The van der Waals surface area contributed by atoms with Gasteiger partial charge in [-0.2, -0.15) is 0 Å². The maximum Gasteiger partial charge on any atom is 0.321 e. The van der Waals surface area contributed by atoms with Crippen LogP contribution >= 0.6 is 0 Å². The van der Waals surface area contributed by atoms with Gasteiger partial charge in [-0.1, -0.05) is 30.3 Å². The molecule has 6 heteroatoms. The van der Waals surface area contributed by atoms with Gasteiger partial charge in [0.25, 0.3) is 0 Å². The van der Waals surface area contributed by atoms with Crippen LogP contribution in [0, 0.1) is 0 Å². The molecular weight excluding hydrogens is 306 g/mol. The maximum atomic E-state index is 12.1. The van der Waals surface area contributed by atoms with Crippen molar-refractivity contribution >= 4 is 11.9 Å². The van der Waals surface area contributed by atoms with Crippen LogP contribution in [0.1, 0.15) is 32.3 Å². The van der Waals surface area contributed by atoms with Crippen LogP contribution in [0.2, 0.25) is 0 Å². The zero-order chi connectivity index (χ0) is 17.4. The molecule has 1 aromatic carbocycles. The van der Waals surface area contributed by atoms with Crippen molar-refractivity contribution in [3.8, 4) is 0 Å². The highest BCUT2D eigenvalue weighted by atomic mass is 16.5. The van der Waals surface area contributed by atoms with Crippen LogP contribution in [0.15, 0.2) is 30.3 Å². The number of urea groups is 1. The lowest BCUT2D eigenvalue weighted by molar-refractivity contribution is -0.126. The fourth-order valence-corrected chi connectivity index (χ4v) is 2.80. The number of hydrogen-bond donors (Lipinski definition) is 2. The van der Waals surface area contributed by atoms with Crippen molar-refractivity contribution in [2.45, 2.75) is 45.4 Å². The largest absolute Gasteiger partial charge is 0.373 e. The van der Waals surface area contributed by atoms with Gasteiger partial charge in [0, 0.05) is 19.6 Å². The molecule has 132 valence electrons. The number of carbonyl (C=O) groups excluding carboxylic acids is 2.